The molecule has 1 fully saturated rings. The molecule has 2 N–H and O–H groups in total. The molecule has 0 saturated carbocycles. The Morgan fingerprint density at radius 1 is 1.11 bits per heavy atom. The van der Waals surface area contributed by atoms with E-state index in [1.165, 1.54) is 0 Å². The fourth-order valence-corrected chi connectivity index (χ4v) is 3.81. The van der Waals surface area contributed by atoms with Crippen molar-refractivity contribution in [3.63, 3.8) is 0 Å². The smallest absolute Gasteiger partial charge is 0.271 e. The molecule has 0 radical (unpaired) electrons. The van der Waals surface area contributed by atoms with Crippen molar-refractivity contribution in [2.24, 2.45) is 0 Å². The molecule has 1 aliphatic rings. The Bertz CT molecular complexity index is 943. The highest BCUT2D eigenvalue weighted by Gasteiger charge is 2.37. The van der Waals surface area contributed by atoms with Gasteiger partial charge in [-0.05, 0) is 48.7 Å². The number of phenols is 1. The maximum atomic E-state index is 12.9. The lowest BCUT2D eigenvalue weighted by Gasteiger charge is -2.41. The van der Waals surface area contributed by atoms with E-state index in [0.29, 0.717) is 24.5 Å². The number of piperidine rings is 1. The Labute approximate surface area is 163 Å². The van der Waals surface area contributed by atoms with Gasteiger partial charge in [-0.15, -0.1) is 0 Å². The number of hydrogen-bond donors (Lipinski definition) is 2. The lowest BCUT2D eigenvalue weighted by molar-refractivity contribution is -0.0575. The zero-order valence-corrected chi connectivity index (χ0v) is 15.8. The fraction of sp³-hybridized carbons (Fsp3) is 0.273. The van der Waals surface area contributed by atoms with E-state index in [-0.39, 0.29) is 17.3 Å². The summed E-state index contributed by atoms with van der Waals surface area (Å²) < 4.78 is 5.89. The molecule has 3 aromatic rings. The molecule has 28 heavy (non-hydrogen) atoms. The van der Waals surface area contributed by atoms with Gasteiger partial charge in [0.05, 0.1) is 11.3 Å². The molecule has 0 atom stereocenters. The van der Waals surface area contributed by atoms with E-state index in [4.69, 9.17) is 4.74 Å². The van der Waals surface area contributed by atoms with Crippen LogP contribution in [0.4, 0.5) is 0 Å². The second kappa shape index (κ2) is 7.48. The van der Waals surface area contributed by atoms with Gasteiger partial charge in [0.2, 0.25) is 0 Å². The molecule has 1 aromatic heterocycles. The van der Waals surface area contributed by atoms with Crippen LogP contribution in [0.5, 0.6) is 5.75 Å². The summed E-state index contributed by atoms with van der Waals surface area (Å²) >= 11 is 0. The van der Waals surface area contributed by atoms with E-state index in [1.807, 2.05) is 23.1 Å². The first kappa shape index (κ1) is 18.3. The standard InChI is InChI=1S/C22H23N3O3/c1-28-22(17-5-3-2-4-6-17)11-13-25(14-12-22)21(27)20-15-19(23-24-20)16-7-9-18(26)10-8-16/h2-10,15,26H,11-14H2,1H3,(H,23,24). The number of benzene rings is 2. The molecular weight excluding hydrogens is 354 g/mol. The summed E-state index contributed by atoms with van der Waals surface area (Å²) in [7, 11) is 1.74. The summed E-state index contributed by atoms with van der Waals surface area (Å²) in [6, 6.07) is 18.7. The van der Waals surface area contributed by atoms with Gasteiger partial charge in [0.1, 0.15) is 11.4 Å². The molecule has 0 unspecified atom stereocenters. The highest BCUT2D eigenvalue weighted by Crippen LogP contribution is 2.36. The fourth-order valence-electron chi connectivity index (χ4n) is 3.81. The second-order valence-electron chi connectivity index (χ2n) is 7.07. The number of phenolic OH excluding ortho intramolecular Hbond substituents is 1. The highest BCUT2D eigenvalue weighted by molar-refractivity contribution is 5.93. The monoisotopic (exact) mass is 377 g/mol. The van der Waals surface area contributed by atoms with Crippen molar-refractivity contribution in [3.8, 4) is 17.0 Å². The average molecular weight is 377 g/mol. The van der Waals surface area contributed by atoms with E-state index >= 15 is 0 Å². The van der Waals surface area contributed by atoms with Crippen LogP contribution >= 0.6 is 0 Å². The molecule has 0 bridgehead atoms. The number of amides is 1. The van der Waals surface area contributed by atoms with Crippen LogP contribution in [0.15, 0.2) is 60.7 Å². The molecule has 4 rings (SSSR count). The zero-order valence-electron chi connectivity index (χ0n) is 15.8. The van der Waals surface area contributed by atoms with E-state index in [2.05, 4.69) is 22.3 Å². The zero-order chi connectivity index (χ0) is 19.6. The third-order valence-corrected chi connectivity index (χ3v) is 5.52. The number of nitrogens with zero attached hydrogens (tertiary/aromatic N) is 2. The van der Waals surface area contributed by atoms with Gasteiger partial charge in [0.15, 0.2) is 0 Å². The summed E-state index contributed by atoms with van der Waals surface area (Å²) in [5.74, 6) is 0.138. The Balaban J connectivity index is 1.46. The lowest BCUT2D eigenvalue weighted by Crippen LogP contribution is -2.46. The van der Waals surface area contributed by atoms with Crippen LogP contribution in [0.2, 0.25) is 0 Å². The third kappa shape index (κ3) is 3.39. The van der Waals surface area contributed by atoms with Crippen LogP contribution in [-0.4, -0.2) is 46.3 Å². The second-order valence-corrected chi connectivity index (χ2v) is 7.07. The van der Waals surface area contributed by atoms with E-state index in [9.17, 15) is 9.90 Å². The molecule has 2 heterocycles. The van der Waals surface area contributed by atoms with Crippen molar-refractivity contribution in [3.05, 3.63) is 71.9 Å². The van der Waals surface area contributed by atoms with Crippen LogP contribution in [0.1, 0.15) is 28.9 Å². The van der Waals surface area contributed by atoms with Gasteiger partial charge in [-0.2, -0.15) is 5.10 Å². The van der Waals surface area contributed by atoms with Crippen molar-refractivity contribution >= 4 is 5.91 Å². The molecule has 0 spiro atoms. The number of carbonyl (C=O) groups is 1. The molecular formula is C22H23N3O3. The summed E-state index contributed by atoms with van der Waals surface area (Å²) in [5, 5.41) is 16.5. The number of nitrogens with one attached hydrogen (secondary N) is 1. The Morgan fingerprint density at radius 2 is 1.79 bits per heavy atom. The largest absolute Gasteiger partial charge is 0.508 e. The number of carbonyl (C=O) groups excluding carboxylic acids is 1. The van der Waals surface area contributed by atoms with Crippen LogP contribution in [-0.2, 0) is 10.3 Å². The third-order valence-electron chi connectivity index (χ3n) is 5.52. The number of aromatic amines is 1. The van der Waals surface area contributed by atoms with Crippen LogP contribution in [0.3, 0.4) is 0 Å². The number of likely N-dealkylation sites (tertiary alicyclic amines) is 1. The number of rotatable bonds is 4. The van der Waals surface area contributed by atoms with E-state index in [0.717, 1.165) is 24.0 Å². The molecule has 1 aliphatic heterocycles. The van der Waals surface area contributed by atoms with Crippen molar-refractivity contribution in [1.82, 2.24) is 15.1 Å². The van der Waals surface area contributed by atoms with Gasteiger partial charge in [-0.25, -0.2) is 0 Å². The number of methoxy groups -OCH3 is 1. The van der Waals surface area contributed by atoms with Crippen LogP contribution in [0, 0.1) is 0 Å². The Kier molecular flexibility index (Phi) is 4.88. The van der Waals surface area contributed by atoms with Crippen molar-refractivity contribution in [2.75, 3.05) is 20.2 Å². The first-order valence-corrected chi connectivity index (χ1v) is 9.36. The minimum absolute atomic E-state index is 0.0599. The Hall–Kier alpha value is -3.12. The quantitative estimate of drug-likeness (QED) is 0.729. The maximum absolute atomic E-state index is 12.9. The van der Waals surface area contributed by atoms with Crippen LogP contribution in [0.25, 0.3) is 11.3 Å². The topological polar surface area (TPSA) is 78.4 Å². The van der Waals surface area contributed by atoms with Gasteiger partial charge < -0.3 is 14.7 Å². The predicted molar refractivity (Wildman–Crippen MR) is 106 cm³/mol. The first-order chi connectivity index (χ1) is 13.6. The predicted octanol–water partition coefficient (Wildman–Crippen LogP) is 3.56. The van der Waals surface area contributed by atoms with Gasteiger partial charge in [-0.3, -0.25) is 9.89 Å². The number of hydrogen-bond acceptors (Lipinski definition) is 4. The summed E-state index contributed by atoms with van der Waals surface area (Å²) in [4.78, 5) is 14.7. The SMILES string of the molecule is COC1(c2ccccc2)CCN(C(=O)c2cc(-c3ccc(O)cc3)n[nH]2)CC1. The minimum atomic E-state index is -0.344. The molecule has 6 heteroatoms. The lowest BCUT2D eigenvalue weighted by atomic mass is 9.84. The molecule has 1 saturated heterocycles. The number of aromatic nitrogens is 2. The highest BCUT2D eigenvalue weighted by atomic mass is 16.5. The summed E-state index contributed by atoms with van der Waals surface area (Å²) in [6.07, 6.45) is 1.50. The summed E-state index contributed by atoms with van der Waals surface area (Å²) in [6.45, 7) is 1.24. The van der Waals surface area contributed by atoms with Crippen LogP contribution < -0.4 is 0 Å². The van der Waals surface area contributed by atoms with Gasteiger partial charge >= 0.3 is 0 Å². The number of ether oxygens (including phenoxy) is 1. The normalized spacial score (nSPS) is 16.1. The Morgan fingerprint density at radius 3 is 2.43 bits per heavy atom. The molecule has 6 nitrogen and oxygen atoms in total. The average Bonchev–Trinajstić information content (AvgIpc) is 3.25. The van der Waals surface area contributed by atoms with Gasteiger partial charge in [0.25, 0.3) is 5.91 Å². The number of H-pyrrole nitrogens is 1. The van der Waals surface area contributed by atoms with E-state index < -0.39 is 0 Å². The molecule has 0 aliphatic carbocycles. The molecule has 2 aromatic carbocycles. The first-order valence-electron chi connectivity index (χ1n) is 9.36. The summed E-state index contributed by atoms with van der Waals surface area (Å²) in [5.41, 5.74) is 2.79. The maximum Gasteiger partial charge on any atom is 0.271 e. The molecule has 144 valence electrons. The van der Waals surface area contributed by atoms with Crippen molar-refractivity contribution < 1.29 is 14.6 Å². The van der Waals surface area contributed by atoms with Crippen molar-refractivity contribution in [1.29, 1.82) is 0 Å². The minimum Gasteiger partial charge on any atom is -0.508 e. The molecule has 1 amide bonds. The van der Waals surface area contributed by atoms with Gasteiger partial charge in [-0.1, -0.05) is 30.3 Å². The van der Waals surface area contributed by atoms with E-state index in [1.54, 1.807) is 37.4 Å². The van der Waals surface area contributed by atoms with Crippen molar-refractivity contribution in [2.45, 2.75) is 18.4 Å². The number of aromatic hydroxyl groups is 1. The van der Waals surface area contributed by atoms with Gasteiger partial charge in [0, 0.05) is 25.8 Å².